The zero-order valence-electron chi connectivity index (χ0n) is 12.2. The minimum atomic E-state index is 0. The lowest BCUT2D eigenvalue weighted by Crippen LogP contribution is -2.50. The molecule has 1 N–H and O–H groups in total. The molecule has 18 heavy (non-hydrogen) atoms. The summed E-state index contributed by atoms with van der Waals surface area (Å²) in [6, 6.07) is 0.473. The van der Waals surface area contributed by atoms with Gasteiger partial charge in [0, 0.05) is 25.0 Å². The average Bonchev–Trinajstić information content (AvgIpc) is 2.31. The Morgan fingerprint density at radius 2 is 2.17 bits per heavy atom. The highest BCUT2D eigenvalue weighted by molar-refractivity contribution is 5.85. The van der Waals surface area contributed by atoms with Crippen LogP contribution in [0.25, 0.3) is 0 Å². The van der Waals surface area contributed by atoms with E-state index in [-0.39, 0.29) is 18.3 Å². The maximum absolute atomic E-state index is 12.4. The van der Waals surface area contributed by atoms with Crippen molar-refractivity contribution < 1.29 is 4.79 Å². The molecule has 1 saturated heterocycles. The molecular weight excluding hydrogens is 248 g/mol. The molecule has 4 heteroatoms. The molecule has 0 bridgehead atoms. The second-order valence-electron chi connectivity index (χ2n) is 5.47. The molecule has 0 aliphatic carbocycles. The Morgan fingerprint density at radius 3 is 2.72 bits per heavy atom. The van der Waals surface area contributed by atoms with E-state index in [2.05, 4.69) is 24.1 Å². The van der Waals surface area contributed by atoms with Gasteiger partial charge in [-0.15, -0.1) is 12.4 Å². The van der Waals surface area contributed by atoms with Crippen molar-refractivity contribution in [3.05, 3.63) is 0 Å². The Morgan fingerprint density at radius 1 is 1.50 bits per heavy atom. The van der Waals surface area contributed by atoms with Crippen LogP contribution in [0.3, 0.4) is 0 Å². The molecule has 0 aromatic carbocycles. The van der Waals surface area contributed by atoms with Gasteiger partial charge < -0.3 is 10.2 Å². The highest BCUT2D eigenvalue weighted by Crippen LogP contribution is 2.27. The van der Waals surface area contributed by atoms with Crippen molar-refractivity contribution in [3.63, 3.8) is 0 Å². The number of hydrogen-bond donors (Lipinski definition) is 1. The van der Waals surface area contributed by atoms with Crippen LogP contribution in [0.5, 0.6) is 0 Å². The first kappa shape index (κ1) is 17.7. The fourth-order valence-corrected chi connectivity index (χ4v) is 2.94. The molecule has 0 aromatic heterocycles. The van der Waals surface area contributed by atoms with Crippen LogP contribution in [0.15, 0.2) is 0 Å². The van der Waals surface area contributed by atoms with E-state index >= 15 is 0 Å². The van der Waals surface area contributed by atoms with Gasteiger partial charge >= 0.3 is 0 Å². The van der Waals surface area contributed by atoms with E-state index in [1.54, 1.807) is 0 Å². The van der Waals surface area contributed by atoms with Crippen LogP contribution >= 0.6 is 12.4 Å². The van der Waals surface area contributed by atoms with Crippen molar-refractivity contribution in [1.29, 1.82) is 0 Å². The minimum absolute atomic E-state index is 0. The summed E-state index contributed by atoms with van der Waals surface area (Å²) < 4.78 is 0. The number of likely N-dealkylation sites (tertiary alicyclic amines) is 1. The molecule has 3 nitrogen and oxygen atoms in total. The summed E-state index contributed by atoms with van der Waals surface area (Å²) >= 11 is 0. The van der Waals surface area contributed by atoms with Gasteiger partial charge in [-0.1, -0.05) is 27.2 Å². The van der Waals surface area contributed by atoms with Crippen LogP contribution in [-0.4, -0.2) is 37.0 Å². The van der Waals surface area contributed by atoms with Gasteiger partial charge in [0.25, 0.3) is 0 Å². The topological polar surface area (TPSA) is 32.3 Å². The number of carbonyl (C=O) groups is 1. The first-order chi connectivity index (χ1) is 8.11. The second-order valence-corrected chi connectivity index (χ2v) is 5.47. The zero-order valence-corrected chi connectivity index (χ0v) is 13.1. The Bertz CT molecular complexity index is 248. The Kier molecular flexibility index (Phi) is 8.62. The number of piperidine rings is 1. The third-order valence-electron chi connectivity index (χ3n) is 3.92. The first-order valence-electron chi connectivity index (χ1n) is 7.06. The molecule has 1 amide bonds. The normalized spacial score (nSPS) is 25.4. The summed E-state index contributed by atoms with van der Waals surface area (Å²) in [6.45, 7) is 8.27. The first-order valence-corrected chi connectivity index (χ1v) is 7.06. The summed E-state index contributed by atoms with van der Waals surface area (Å²) in [7, 11) is 1.91. The fraction of sp³-hybridized carbons (Fsp3) is 0.929. The summed E-state index contributed by atoms with van der Waals surface area (Å²) in [5.41, 5.74) is 0. The van der Waals surface area contributed by atoms with Gasteiger partial charge in [0.1, 0.15) is 0 Å². The van der Waals surface area contributed by atoms with Crippen molar-refractivity contribution >= 4 is 18.3 Å². The van der Waals surface area contributed by atoms with E-state index < -0.39 is 0 Å². The third kappa shape index (κ3) is 4.43. The van der Waals surface area contributed by atoms with E-state index in [4.69, 9.17) is 0 Å². The van der Waals surface area contributed by atoms with Crippen LogP contribution in [-0.2, 0) is 4.79 Å². The largest absolute Gasteiger partial charge is 0.339 e. The van der Waals surface area contributed by atoms with Gasteiger partial charge in [-0.25, -0.2) is 0 Å². The molecule has 1 heterocycles. The number of nitrogens with one attached hydrogen (secondary N) is 1. The molecule has 0 aromatic rings. The molecule has 0 spiro atoms. The highest BCUT2D eigenvalue weighted by atomic mass is 35.5. The monoisotopic (exact) mass is 276 g/mol. The van der Waals surface area contributed by atoms with Gasteiger partial charge in [-0.2, -0.15) is 0 Å². The smallest absolute Gasteiger partial charge is 0.226 e. The minimum Gasteiger partial charge on any atom is -0.339 e. The lowest BCUT2D eigenvalue weighted by atomic mass is 9.87. The van der Waals surface area contributed by atoms with E-state index in [0.29, 0.717) is 17.9 Å². The molecule has 0 saturated carbocycles. The standard InChI is InChI=1S/C14H28N2O.ClH/c1-5-7-13-11(2)8-6-9-16(13)14(17)12(3)10-15-4;/h11-13,15H,5-10H2,1-4H3;1H. The summed E-state index contributed by atoms with van der Waals surface area (Å²) in [6.07, 6.45) is 4.76. The van der Waals surface area contributed by atoms with E-state index in [0.717, 1.165) is 19.5 Å². The molecular formula is C14H29ClN2O. The molecule has 1 rings (SSSR count). The summed E-state index contributed by atoms with van der Waals surface area (Å²) in [5, 5.41) is 3.10. The molecule has 3 atom stereocenters. The highest BCUT2D eigenvalue weighted by Gasteiger charge is 2.32. The Hall–Kier alpha value is -0.280. The summed E-state index contributed by atoms with van der Waals surface area (Å²) in [4.78, 5) is 14.6. The predicted octanol–water partition coefficient (Wildman–Crippen LogP) is 2.69. The van der Waals surface area contributed by atoms with Crippen LogP contribution in [0.2, 0.25) is 0 Å². The lowest BCUT2D eigenvalue weighted by molar-refractivity contribution is -0.140. The van der Waals surface area contributed by atoms with Gasteiger partial charge in [0.15, 0.2) is 0 Å². The molecule has 1 aliphatic rings. The number of hydrogen-bond acceptors (Lipinski definition) is 2. The van der Waals surface area contributed by atoms with Crippen LogP contribution in [0.4, 0.5) is 0 Å². The number of halogens is 1. The van der Waals surface area contributed by atoms with Crippen LogP contribution in [0, 0.1) is 11.8 Å². The maximum atomic E-state index is 12.4. The molecule has 3 unspecified atom stereocenters. The lowest BCUT2D eigenvalue weighted by Gasteiger charge is -2.41. The Balaban J connectivity index is 0.00000289. The van der Waals surface area contributed by atoms with Crippen LogP contribution in [0.1, 0.15) is 46.5 Å². The second kappa shape index (κ2) is 8.76. The van der Waals surface area contributed by atoms with Gasteiger partial charge in [0.2, 0.25) is 5.91 Å². The van der Waals surface area contributed by atoms with Gasteiger partial charge in [-0.05, 0) is 32.2 Å². The van der Waals surface area contributed by atoms with Crippen LogP contribution < -0.4 is 5.32 Å². The van der Waals surface area contributed by atoms with E-state index in [1.807, 2.05) is 14.0 Å². The Labute approximate surface area is 118 Å². The van der Waals surface area contributed by atoms with Gasteiger partial charge in [-0.3, -0.25) is 4.79 Å². The zero-order chi connectivity index (χ0) is 12.8. The van der Waals surface area contributed by atoms with Crippen molar-refractivity contribution in [1.82, 2.24) is 10.2 Å². The van der Waals surface area contributed by atoms with Crippen molar-refractivity contribution in [2.45, 2.75) is 52.5 Å². The van der Waals surface area contributed by atoms with Crippen molar-refractivity contribution in [2.75, 3.05) is 20.1 Å². The van der Waals surface area contributed by atoms with E-state index in [9.17, 15) is 4.79 Å². The molecule has 1 fully saturated rings. The molecule has 1 aliphatic heterocycles. The molecule has 0 radical (unpaired) electrons. The summed E-state index contributed by atoms with van der Waals surface area (Å²) in [5.74, 6) is 1.10. The fourth-order valence-electron chi connectivity index (χ4n) is 2.94. The average molecular weight is 277 g/mol. The van der Waals surface area contributed by atoms with E-state index in [1.165, 1.54) is 19.3 Å². The number of rotatable bonds is 5. The quantitative estimate of drug-likeness (QED) is 0.837. The van der Waals surface area contributed by atoms with Crippen molar-refractivity contribution in [3.8, 4) is 0 Å². The maximum Gasteiger partial charge on any atom is 0.226 e. The predicted molar refractivity (Wildman–Crippen MR) is 79.1 cm³/mol. The third-order valence-corrected chi connectivity index (χ3v) is 3.92. The number of amides is 1. The number of nitrogens with zero attached hydrogens (tertiary/aromatic N) is 1. The number of carbonyl (C=O) groups excluding carboxylic acids is 1. The van der Waals surface area contributed by atoms with Crippen molar-refractivity contribution in [2.24, 2.45) is 11.8 Å². The SMILES string of the molecule is CCCC1C(C)CCCN1C(=O)C(C)CNC.Cl. The molecule has 108 valence electrons. The van der Waals surface area contributed by atoms with Gasteiger partial charge in [0.05, 0.1) is 0 Å².